The summed E-state index contributed by atoms with van der Waals surface area (Å²) in [5.41, 5.74) is -5.27. The predicted octanol–water partition coefficient (Wildman–Crippen LogP) is 3.57. The summed E-state index contributed by atoms with van der Waals surface area (Å²) in [5.74, 6) is -1.25. The first-order chi connectivity index (χ1) is 10.9. The fourth-order valence-electron chi connectivity index (χ4n) is 2.38. The lowest BCUT2D eigenvalue weighted by atomic mass is 10.1. The molecule has 0 amide bonds. The summed E-state index contributed by atoms with van der Waals surface area (Å²) < 4.78 is 66.1. The molecule has 0 aliphatic rings. The van der Waals surface area contributed by atoms with Crippen molar-refractivity contribution in [3.8, 4) is 0 Å². The largest absolute Gasteiger partial charge is 0.861 e. The number of hydrogen-bond acceptors (Lipinski definition) is 4. The molecular weight excluding hydrogens is 363 g/mol. The van der Waals surface area contributed by atoms with Crippen molar-refractivity contribution in [3.63, 3.8) is 0 Å². The Morgan fingerprint density at radius 3 is 2.21 bits per heavy atom. The molecule has 1 atom stereocenters. The molecule has 0 aromatic carbocycles. The van der Waals surface area contributed by atoms with Crippen molar-refractivity contribution in [1.29, 1.82) is 0 Å². The van der Waals surface area contributed by atoms with Crippen LogP contribution in [-0.2, 0) is 14.4 Å². The topological polar surface area (TPSA) is 78.8 Å². The molecule has 144 valence electrons. The van der Waals surface area contributed by atoms with E-state index >= 15 is 0 Å². The molecule has 0 heterocycles. The van der Waals surface area contributed by atoms with Crippen LogP contribution in [0.3, 0.4) is 0 Å². The Kier molecular flexibility index (Phi) is 9.51. The van der Waals surface area contributed by atoms with Gasteiger partial charge in [0.1, 0.15) is 0 Å². The zero-order chi connectivity index (χ0) is 19.0. The minimum Gasteiger partial charge on any atom is -0.861 e. The first kappa shape index (κ1) is 23.4. The minimum atomic E-state index is -5.74. The van der Waals surface area contributed by atoms with Crippen molar-refractivity contribution in [3.05, 3.63) is 0 Å². The van der Waals surface area contributed by atoms with Crippen LogP contribution in [0.4, 0.5) is 13.2 Å². The molecule has 0 bridgehead atoms. The van der Waals surface area contributed by atoms with Crippen LogP contribution in [0.5, 0.6) is 0 Å². The molecule has 0 aromatic rings. The van der Waals surface area contributed by atoms with Crippen molar-refractivity contribution >= 4 is 24.2 Å². The summed E-state index contributed by atoms with van der Waals surface area (Å²) >= 11 is 0. The lowest BCUT2D eigenvalue weighted by Crippen LogP contribution is -2.35. The van der Waals surface area contributed by atoms with Crippen LogP contribution >= 0.6 is 0 Å². The van der Waals surface area contributed by atoms with Gasteiger partial charge in [0.05, 0.1) is 0 Å². The first-order valence-corrected chi connectivity index (χ1v) is 12.4. The molecule has 1 unspecified atom stereocenters. The molecule has 5 nitrogen and oxygen atoms in total. The lowest BCUT2D eigenvalue weighted by Gasteiger charge is -2.31. The zero-order valence-electron chi connectivity index (χ0n) is 14.6. The molecule has 0 N–H and O–H groups in total. The molecule has 10 heteroatoms. The number of rotatable bonds is 11. The average molecular weight is 391 g/mol. The van der Waals surface area contributed by atoms with Crippen molar-refractivity contribution < 1.29 is 31.1 Å². The standard InChI is InChI=1S/C14H28F3NO4SSi/c1-5-6-7-9-12(24(3,4)22-2)10-8-11-13(19)18-23(20,21)14(15,16)17/h12H,5-11H2,1-4H3,(H,18,19)/p-1. The number of alkyl halides is 3. The van der Waals surface area contributed by atoms with E-state index in [0.29, 0.717) is 12.8 Å². The Morgan fingerprint density at radius 2 is 1.75 bits per heavy atom. The van der Waals surface area contributed by atoms with Crippen LogP contribution in [0.1, 0.15) is 51.9 Å². The summed E-state index contributed by atoms with van der Waals surface area (Å²) in [6.07, 6.45) is 4.73. The number of unbranched alkanes of at least 4 members (excludes halogenated alkanes) is 2. The highest BCUT2D eigenvalue weighted by Crippen LogP contribution is 2.33. The van der Waals surface area contributed by atoms with Gasteiger partial charge in [-0.15, -0.1) is 0 Å². The van der Waals surface area contributed by atoms with Gasteiger partial charge in [-0.25, -0.2) is 0 Å². The highest BCUT2D eigenvalue weighted by Gasteiger charge is 2.45. The van der Waals surface area contributed by atoms with Gasteiger partial charge < -0.3 is 9.53 Å². The number of hydrogen-bond donors (Lipinski definition) is 0. The van der Waals surface area contributed by atoms with E-state index in [2.05, 4.69) is 24.4 Å². The Labute approximate surface area is 143 Å². The van der Waals surface area contributed by atoms with Gasteiger partial charge >= 0.3 is 15.5 Å². The monoisotopic (exact) mass is 390 g/mol. The van der Waals surface area contributed by atoms with E-state index in [1.807, 2.05) is 0 Å². The summed E-state index contributed by atoms with van der Waals surface area (Å²) in [5, 5.41) is 11.4. The van der Waals surface area contributed by atoms with Gasteiger partial charge in [0.15, 0.2) is 8.32 Å². The minimum absolute atomic E-state index is 0.265. The van der Waals surface area contributed by atoms with Gasteiger partial charge in [-0.3, -0.25) is 0 Å². The van der Waals surface area contributed by atoms with Gasteiger partial charge in [-0.2, -0.15) is 26.0 Å². The van der Waals surface area contributed by atoms with E-state index in [9.17, 15) is 26.7 Å². The van der Waals surface area contributed by atoms with Gasteiger partial charge in [-0.05, 0) is 37.4 Å². The van der Waals surface area contributed by atoms with Gasteiger partial charge in [0.2, 0.25) is 0 Å². The molecule has 0 aliphatic heterocycles. The van der Waals surface area contributed by atoms with Crippen molar-refractivity contribution in [2.75, 3.05) is 7.11 Å². The summed E-state index contributed by atoms with van der Waals surface area (Å²) in [6, 6.07) is 0. The average Bonchev–Trinajstić information content (AvgIpc) is 2.44. The highest BCUT2D eigenvalue weighted by atomic mass is 32.2. The third-order valence-electron chi connectivity index (χ3n) is 4.12. The van der Waals surface area contributed by atoms with E-state index in [-0.39, 0.29) is 12.0 Å². The third kappa shape index (κ3) is 7.97. The Balaban J connectivity index is 4.71. The second-order valence-electron chi connectivity index (χ2n) is 6.30. The second kappa shape index (κ2) is 9.76. The number of sulfonamides is 1. The quantitative estimate of drug-likeness (QED) is 0.234. The second-order valence-corrected chi connectivity index (χ2v) is 12.3. The van der Waals surface area contributed by atoms with Crippen LogP contribution in [0.25, 0.3) is 0 Å². The van der Waals surface area contributed by atoms with Crippen LogP contribution in [0.15, 0.2) is 4.40 Å². The zero-order valence-corrected chi connectivity index (χ0v) is 16.5. The van der Waals surface area contributed by atoms with E-state index in [1.54, 1.807) is 7.11 Å². The van der Waals surface area contributed by atoms with Crippen LogP contribution < -0.4 is 5.11 Å². The van der Waals surface area contributed by atoms with Crippen LogP contribution in [-0.4, -0.2) is 35.3 Å². The molecule has 0 saturated carbocycles. The fourth-order valence-corrected chi connectivity index (χ4v) is 4.97. The summed E-state index contributed by atoms with van der Waals surface area (Å²) in [4.78, 5) is 0. The van der Waals surface area contributed by atoms with E-state index < -0.39 is 29.7 Å². The molecule has 0 saturated heterocycles. The fraction of sp³-hybridized carbons (Fsp3) is 0.929. The molecule has 0 rings (SSSR count). The maximum absolute atomic E-state index is 12.2. The first-order valence-electron chi connectivity index (χ1n) is 7.99. The lowest BCUT2D eigenvalue weighted by molar-refractivity contribution is -0.218. The summed E-state index contributed by atoms with van der Waals surface area (Å²) in [6.45, 7) is 6.21. The Hall–Kier alpha value is -0.613. The molecular formula is C14H27F3NO4SSi-. The van der Waals surface area contributed by atoms with Gasteiger partial charge in [0, 0.05) is 7.11 Å². The normalized spacial score (nSPS) is 15.5. The van der Waals surface area contributed by atoms with Crippen molar-refractivity contribution in [2.45, 2.75) is 76.0 Å². The van der Waals surface area contributed by atoms with Gasteiger partial charge in [0.25, 0.3) is 0 Å². The molecule has 0 aromatic heterocycles. The number of nitrogens with zero attached hydrogens (tertiary/aromatic N) is 1. The van der Waals surface area contributed by atoms with E-state index in [4.69, 9.17) is 4.43 Å². The molecule has 0 spiro atoms. The maximum atomic E-state index is 12.2. The van der Waals surface area contributed by atoms with Crippen LogP contribution in [0.2, 0.25) is 18.6 Å². The highest BCUT2D eigenvalue weighted by molar-refractivity contribution is 7.91. The molecule has 0 radical (unpaired) electrons. The van der Waals surface area contributed by atoms with Gasteiger partial charge in [-0.1, -0.05) is 39.0 Å². The SMILES string of the molecule is CCCCCC(CCC/C([O-])=N/S(=O)(=O)C(F)(F)F)[Si](C)(C)OC. The van der Waals surface area contributed by atoms with Crippen LogP contribution in [0, 0.1) is 0 Å². The van der Waals surface area contributed by atoms with E-state index in [0.717, 1.165) is 25.7 Å². The molecule has 24 heavy (non-hydrogen) atoms. The third-order valence-corrected chi connectivity index (χ3v) is 8.75. The predicted molar refractivity (Wildman–Crippen MR) is 88.6 cm³/mol. The van der Waals surface area contributed by atoms with Crippen molar-refractivity contribution in [2.24, 2.45) is 4.40 Å². The Bertz CT molecular complexity index is 507. The van der Waals surface area contributed by atoms with Crippen molar-refractivity contribution in [1.82, 2.24) is 0 Å². The number of halogens is 3. The molecule has 0 fully saturated rings. The summed E-state index contributed by atoms with van der Waals surface area (Å²) in [7, 11) is -6.04. The maximum Gasteiger partial charge on any atom is 0.518 e. The smallest absolute Gasteiger partial charge is 0.518 e. The molecule has 0 aliphatic carbocycles. The Morgan fingerprint density at radius 1 is 1.21 bits per heavy atom. The van der Waals surface area contributed by atoms with E-state index in [1.165, 1.54) is 0 Å².